The Morgan fingerprint density at radius 3 is 2.67 bits per heavy atom. The van der Waals surface area contributed by atoms with Gasteiger partial charge in [0.05, 0.1) is 5.69 Å². The van der Waals surface area contributed by atoms with Crippen molar-refractivity contribution >= 4 is 5.69 Å². The fourth-order valence-electron chi connectivity index (χ4n) is 1.63. The number of hydrogen-bond donors (Lipinski definition) is 2. The highest BCUT2D eigenvalue weighted by Gasteiger charge is 2.44. The number of halogens is 1. The lowest BCUT2D eigenvalue weighted by molar-refractivity contribution is 0.342. The van der Waals surface area contributed by atoms with Crippen LogP contribution in [0, 0.1) is 12.4 Å². The van der Waals surface area contributed by atoms with E-state index in [9.17, 15) is 4.39 Å². The summed E-state index contributed by atoms with van der Waals surface area (Å²) in [6.07, 6.45) is 2.49. The second-order valence-corrected chi connectivity index (χ2v) is 3.79. The van der Waals surface area contributed by atoms with Gasteiger partial charge in [0.25, 0.3) is 0 Å². The molecule has 0 amide bonds. The third kappa shape index (κ3) is 1.73. The molecule has 78 valence electrons. The van der Waals surface area contributed by atoms with Gasteiger partial charge in [0.15, 0.2) is 0 Å². The zero-order chi connectivity index (χ0) is 10.9. The van der Waals surface area contributed by atoms with Crippen LogP contribution >= 0.6 is 0 Å². The van der Waals surface area contributed by atoms with Crippen LogP contribution in [0.25, 0.3) is 4.85 Å². The van der Waals surface area contributed by atoms with E-state index in [-0.39, 0.29) is 11.4 Å². The lowest BCUT2D eigenvalue weighted by atomic mass is 9.85. The van der Waals surface area contributed by atoms with E-state index in [1.54, 1.807) is 0 Å². The summed E-state index contributed by atoms with van der Waals surface area (Å²) >= 11 is 0. The number of anilines is 1. The SMILES string of the molecule is [C-]#[N+]C1(Nc2ccc(O)cc2F)CCC1. The molecule has 1 saturated carbocycles. The molecule has 0 bridgehead atoms. The third-order valence-electron chi connectivity index (χ3n) is 2.71. The minimum Gasteiger partial charge on any atom is -0.508 e. The molecule has 1 aromatic carbocycles. The lowest BCUT2D eigenvalue weighted by Crippen LogP contribution is -2.41. The van der Waals surface area contributed by atoms with Gasteiger partial charge in [0.2, 0.25) is 0 Å². The van der Waals surface area contributed by atoms with Crippen LogP contribution in [0.2, 0.25) is 0 Å². The molecule has 1 aliphatic rings. The molecular formula is C11H11FN2O. The van der Waals surface area contributed by atoms with Gasteiger partial charge < -0.3 is 10.4 Å². The predicted molar refractivity (Wildman–Crippen MR) is 54.9 cm³/mol. The molecule has 4 heteroatoms. The first kappa shape index (κ1) is 9.78. The lowest BCUT2D eigenvalue weighted by Gasteiger charge is -2.31. The molecule has 1 aromatic rings. The fourth-order valence-corrected chi connectivity index (χ4v) is 1.63. The third-order valence-corrected chi connectivity index (χ3v) is 2.71. The Kier molecular flexibility index (Phi) is 2.24. The first-order valence-electron chi connectivity index (χ1n) is 4.80. The van der Waals surface area contributed by atoms with E-state index in [0.717, 1.165) is 25.3 Å². The minimum absolute atomic E-state index is 0.108. The maximum absolute atomic E-state index is 13.4. The Morgan fingerprint density at radius 2 is 2.20 bits per heavy atom. The van der Waals surface area contributed by atoms with Gasteiger partial charge in [-0.25, -0.2) is 11.0 Å². The van der Waals surface area contributed by atoms with E-state index < -0.39 is 11.5 Å². The van der Waals surface area contributed by atoms with Crippen LogP contribution in [-0.4, -0.2) is 10.8 Å². The standard InChI is InChI=1S/C11H11FN2O/c1-13-11(5-2-6-11)14-10-4-3-8(15)7-9(10)12/h3-4,7,14-15H,2,5-6H2. The Balaban J connectivity index is 2.21. The fraction of sp³-hybridized carbons (Fsp3) is 0.364. The predicted octanol–water partition coefficient (Wildman–Crippen LogP) is 2.74. The molecule has 0 spiro atoms. The van der Waals surface area contributed by atoms with E-state index in [0.29, 0.717) is 0 Å². The summed E-state index contributed by atoms with van der Waals surface area (Å²) < 4.78 is 13.4. The van der Waals surface area contributed by atoms with Crippen LogP contribution in [-0.2, 0) is 0 Å². The highest BCUT2D eigenvalue weighted by Crippen LogP contribution is 2.37. The molecule has 0 saturated heterocycles. The Labute approximate surface area is 87.4 Å². The van der Waals surface area contributed by atoms with Crippen LogP contribution in [0.4, 0.5) is 10.1 Å². The van der Waals surface area contributed by atoms with Gasteiger partial charge in [-0.3, -0.25) is 4.85 Å². The summed E-state index contributed by atoms with van der Waals surface area (Å²) in [4.78, 5) is 3.49. The van der Waals surface area contributed by atoms with Gasteiger partial charge in [-0.2, -0.15) is 0 Å². The molecule has 0 unspecified atom stereocenters. The Hall–Kier alpha value is -1.76. The average molecular weight is 206 g/mol. The van der Waals surface area contributed by atoms with Crippen molar-refractivity contribution in [1.29, 1.82) is 0 Å². The topological polar surface area (TPSA) is 36.6 Å². The molecular weight excluding hydrogens is 195 g/mol. The molecule has 0 atom stereocenters. The largest absolute Gasteiger partial charge is 0.508 e. The number of benzene rings is 1. The van der Waals surface area contributed by atoms with Crippen LogP contribution in [0.15, 0.2) is 18.2 Å². The van der Waals surface area contributed by atoms with Crippen molar-refractivity contribution in [2.45, 2.75) is 24.9 Å². The van der Waals surface area contributed by atoms with Crippen molar-refractivity contribution in [1.82, 2.24) is 0 Å². The second kappa shape index (κ2) is 3.43. The number of nitrogens with zero attached hydrogens (tertiary/aromatic N) is 1. The second-order valence-electron chi connectivity index (χ2n) is 3.79. The van der Waals surface area contributed by atoms with Crippen molar-refractivity contribution in [3.8, 4) is 5.75 Å². The van der Waals surface area contributed by atoms with Gasteiger partial charge >= 0.3 is 5.66 Å². The summed E-state index contributed by atoms with van der Waals surface area (Å²) in [6.45, 7) is 7.06. The summed E-state index contributed by atoms with van der Waals surface area (Å²) in [5, 5.41) is 11.9. The average Bonchev–Trinajstić information content (AvgIpc) is 2.14. The molecule has 0 aromatic heterocycles. The zero-order valence-corrected chi connectivity index (χ0v) is 8.13. The molecule has 2 N–H and O–H groups in total. The molecule has 15 heavy (non-hydrogen) atoms. The van der Waals surface area contributed by atoms with Gasteiger partial charge in [-0.15, -0.1) is 0 Å². The van der Waals surface area contributed by atoms with E-state index in [1.807, 2.05) is 0 Å². The first-order valence-corrected chi connectivity index (χ1v) is 4.80. The highest BCUT2D eigenvalue weighted by molar-refractivity contribution is 5.50. The van der Waals surface area contributed by atoms with Gasteiger partial charge in [-0.1, -0.05) is 0 Å². The van der Waals surface area contributed by atoms with Gasteiger partial charge in [-0.05, 0) is 18.6 Å². The zero-order valence-electron chi connectivity index (χ0n) is 8.13. The monoisotopic (exact) mass is 206 g/mol. The van der Waals surface area contributed by atoms with E-state index in [4.69, 9.17) is 11.7 Å². The molecule has 3 nitrogen and oxygen atoms in total. The quantitative estimate of drug-likeness (QED) is 0.576. The maximum atomic E-state index is 13.4. The number of phenolic OH excluding ortho intramolecular Hbond substituents is 1. The Bertz CT molecular complexity index is 421. The van der Waals surface area contributed by atoms with E-state index in [1.165, 1.54) is 12.1 Å². The van der Waals surface area contributed by atoms with E-state index in [2.05, 4.69) is 10.2 Å². The maximum Gasteiger partial charge on any atom is 0.305 e. The number of hydrogen-bond acceptors (Lipinski definition) is 2. The number of rotatable bonds is 2. The van der Waals surface area contributed by atoms with Crippen molar-refractivity contribution in [3.05, 3.63) is 35.4 Å². The summed E-state index contributed by atoms with van der Waals surface area (Å²) in [5.41, 5.74) is -0.346. The molecule has 1 fully saturated rings. The van der Waals surface area contributed by atoms with Crippen LogP contribution in [0.5, 0.6) is 5.75 Å². The molecule has 0 radical (unpaired) electrons. The molecule has 0 aliphatic heterocycles. The summed E-state index contributed by atoms with van der Waals surface area (Å²) in [5.74, 6) is -0.631. The van der Waals surface area contributed by atoms with Crippen molar-refractivity contribution in [2.24, 2.45) is 0 Å². The van der Waals surface area contributed by atoms with Crippen molar-refractivity contribution in [2.75, 3.05) is 5.32 Å². The molecule has 0 heterocycles. The van der Waals surface area contributed by atoms with Crippen LogP contribution < -0.4 is 5.32 Å². The highest BCUT2D eigenvalue weighted by atomic mass is 19.1. The Morgan fingerprint density at radius 1 is 1.47 bits per heavy atom. The normalized spacial score (nSPS) is 17.6. The smallest absolute Gasteiger partial charge is 0.305 e. The van der Waals surface area contributed by atoms with Gasteiger partial charge in [0.1, 0.15) is 11.6 Å². The van der Waals surface area contributed by atoms with Crippen molar-refractivity contribution < 1.29 is 9.50 Å². The van der Waals surface area contributed by atoms with Crippen LogP contribution in [0.3, 0.4) is 0 Å². The van der Waals surface area contributed by atoms with Crippen LogP contribution in [0.1, 0.15) is 19.3 Å². The molecule has 2 rings (SSSR count). The number of nitrogens with one attached hydrogen (secondary N) is 1. The molecule has 1 aliphatic carbocycles. The first-order chi connectivity index (χ1) is 7.15. The van der Waals surface area contributed by atoms with Gasteiger partial charge in [0, 0.05) is 18.9 Å². The van der Waals surface area contributed by atoms with Crippen molar-refractivity contribution in [3.63, 3.8) is 0 Å². The number of phenols is 1. The summed E-state index contributed by atoms with van der Waals surface area (Å²) in [7, 11) is 0. The van der Waals surface area contributed by atoms with E-state index >= 15 is 0 Å². The summed E-state index contributed by atoms with van der Waals surface area (Å²) in [6, 6.07) is 3.90. The minimum atomic E-state index is -0.627. The number of aromatic hydroxyl groups is 1.